The normalized spacial score (nSPS) is 12.5. The van der Waals surface area contributed by atoms with Gasteiger partial charge in [0.25, 0.3) is 0 Å². The van der Waals surface area contributed by atoms with E-state index < -0.39 is 49.9 Å². The summed E-state index contributed by atoms with van der Waals surface area (Å²) in [5, 5.41) is 0. The van der Waals surface area contributed by atoms with Crippen molar-refractivity contribution in [2.75, 3.05) is 7.11 Å². The molecule has 0 spiro atoms. The topological polar surface area (TPSA) is 27.7 Å². The number of halogens is 5. The van der Waals surface area contributed by atoms with Crippen molar-refractivity contribution in [2.24, 2.45) is 0 Å². The molecule has 0 aliphatic heterocycles. The molecular formula is C15H21F5O3Si. The Morgan fingerprint density at radius 1 is 0.750 bits per heavy atom. The molecule has 9 heteroatoms. The van der Waals surface area contributed by atoms with E-state index in [0.717, 1.165) is 0 Å². The van der Waals surface area contributed by atoms with Crippen LogP contribution in [0.3, 0.4) is 0 Å². The van der Waals surface area contributed by atoms with Crippen LogP contribution in [0.4, 0.5) is 22.0 Å². The fourth-order valence-electron chi connectivity index (χ4n) is 2.21. The van der Waals surface area contributed by atoms with Crippen LogP contribution in [0.5, 0.6) is 0 Å². The molecule has 1 rings (SSSR count). The zero-order valence-corrected chi connectivity index (χ0v) is 15.2. The number of rotatable bonds is 8. The van der Waals surface area contributed by atoms with Gasteiger partial charge in [0, 0.05) is 30.9 Å². The summed E-state index contributed by atoms with van der Waals surface area (Å²) in [5.41, 5.74) is -0.903. The predicted molar refractivity (Wildman–Crippen MR) is 79.9 cm³/mol. The van der Waals surface area contributed by atoms with E-state index in [9.17, 15) is 22.0 Å². The first-order chi connectivity index (χ1) is 11.0. The van der Waals surface area contributed by atoms with Crippen LogP contribution in [0.1, 0.15) is 33.3 Å². The van der Waals surface area contributed by atoms with Crippen molar-refractivity contribution < 1.29 is 35.2 Å². The van der Waals surface area contributed by atoms with Crippen LogP contribution in [0.15, 0.2) is 0 Å². The quantitative estimate of drug-likeness (QED) is 0.294. The lowest BCUT2D eigenvalue weighted by Gasteiger charge is -2.31. The standard InChI is InChI=1S/C15H21F5O3Si/c1-8(2)22-24(21-5,23-9(3)4)7-6-10-11(16)13(18)15(20)14(19)12(10)17/h8-9H,6-7H2,1-5H3. The van der Waals surface area contributed by atoms with Gasteiger partial charge in [0.05, 0.1) is 0 Å². The third-order valence-corrected chi connectivity index (χ3v) is 6.27. The van der Waals surface area contributed by atoms with Crippen molar-refractivity contribution in [1.29, 1.82) is 0 Å². The van der Waals surface area contributed by atoms with Crippen LogP contribution in [0, 0.1) is 29.1 Å². The Kier molecular flexibility index (Phi) is 7.33. The van der Waals surface area contributed by atoms with Crippen molar-refractivity contribution in [3.63, 3.8) is 0 Å². The SMILES string of the molecule is CO[Si](CCc1c(F)c(F)c(F)c(F)c1F)(OC(C)C)OC(C)C. The van der Waals surface area contributed by atoms with E-state index in [1.807, 2.05) is 0 Å². The molecule has 0 amide bonds. The van der Waals surface area contributed by atoms with Gasteiger partial charge < -0.3 is 13.3 Å². The molecule has 0 fully saturated rings. The summed E-state index contributed by atoms with van der Waals surface area (Å²) in [5.74, 6) is -9.81. The Hall–Kier alpha value is -1.03. The average molecular weight is 372 g/mol. The van der Waals surface area contributed by atoms with Gasteiger partial charge in [-0.05, 0) is 34.1 Å². The monoisotopic (exact) mass is 372 g/mol. The summed E-state index contributed by atoms with van der Waals surface area (Å²) in [6.45, 7) is 6.90. The van der Waals surface area contributed by atoms with Gasteiger partial charge in [-0.15, -0.1) is 0 Å². The van der Waals surface area contributed by atoms with Crippen LogP contribution in [-0.4, -0.2) is 28.1 Å². The average Bonchev–Trinajstić information content (AvgIpc) is 2.49. The molecule has 24 heavy (non-hydrogen) atoms. The third-order valence-electron chi connectivity index (χ3n) is 3.12. The van der Waals surface area contributed by atoms with E-state index in [4.69, 9.17) is 13.3 Å². The molecule has 0 radical (unpaired) electrons. The lowest BCUT2D eigenvalue weighted by Crippen LogP contribution is -2.48. The van der Waals surface area contributed by atoms with Gasteiger partial charge in [0.2, 0.25) is 5.82 Å². The van der Waals surface area contributed by atoms with Crippen LogP contribution in [0.2, 0.25) is 6.04 Å². The molecule has 0 unspecified atom stereocenters. The summed E-state index contributed by atoms with van der Waals surface area (Å²) in [6.07, 6.45) is -1.07. The first-order valence-corrected chi connectivity index (χ1v) is 9.39. The van der Waals surface area contributed by atoms with Gasteiger partial charge >= 0.3 is 8.80 Å². The van der Waals surface area contributed by atoms with Crippen molar-refractivity contribution >= 4 is 8.80 Å². The minimum atomic E-state index is -3.34. The lowest BCUT2D eigenvalue weighted by atomic mass is 10.1. The Morgan fingerprint density at radius 3 is 1.46 bits per heavy atom. The largest absolute Gasteiger partial charge is 0.501 e. The second kappa shape index (κ2) is 8.37. The Bertz CT molecular complexity index is 542. The lowest BCUT2D eigenvalue weighted by molar-refractivity contribution is 0.0328. The molecule has 1 aromatic rings. The molecule has 0 aliphatic rings. The zero-order chi connectivity index (χ0) is 18.7. The van der Waals surface area contributed by atoms with Crippen LogP contribution < -0.4 is 0 Å². The maximum atomic E-state index is 13.8. The summed E-state index contributed by atoms with van der Waals surface area (Å²) < 4.78 is 83.9. The second-order valence-electron chi connectivity index (χ2n) is 5.77. The van der Waals surface area contributed by atoms with Gasteiger partial charge in [0.1, 0.15) is 0 Å². The molecule has 0 bridgehead atoms. The molecular weight excluding hydrogens is 351 g/mol. The minimum Gasteiger partial charge on any atom is -0.377 e. The maximum absolute atomic E-state index is 13.8. The minimum absolute atomic E-state index is 0.127. The Balaban J connectivity index is 3.15. The van der Waals surface area contributed by atoms with E-state index in [1.165, 1.54) is 7.11 Å². The molecule has 0 saturated heterocycles. The molecule has 0 saturated carbocycles. The summed E-state index contributed by atoms with van der Waals surface area (Å²) in [6, 6.07) is -0.127. The van der Waals surface area contributed by atoms with Crippen molar-refractivity contribution in [3.8, 4) is 0 Å². The first kappa shape index (κ1) is 21.0. The highest BCUT2D eigenvalue weighted by Crippen LogP contribution is 2.27. The molecule has 0 aliphatic carbocycles. The number of hydrogen-bond donors (Lipinski definition) is 0. The maximum Gasteiger partial charge on any atom is 0.501 e. The second-order valence-corrected chi connectivity index (χ2v) is 8.51. The van der Waals surface area contributed by atoms with Gasteiger partial charge in [-0.2, -0.15) is 0 Å². The van der Waals surface area contributed by atoms with Gasteiger partial charge in [-0.25, -0.2) is 22.0 Å². The van der Waals surface area contributed by atoms with E-state index >= 15 is 0 Å². The highest BCUT2D eigenvalue weighted by Gasteiger charge is 2.42. The van der Waals surface area contributed by atoms with E-state index in [-0.39, 0.29) is 18.3 Å². The molecule has 0 heterocycles. The predicted octanol–water partition coefficient (Wildman–Crippen LogP) is 4.36. The van der Waals surface area contributed by atoms with Crippen LogP contribution in [-0.2, 0) is 19.7 Å². The van der Waals surface area contributed by atoms with Gasteiger partial charge in [-0.1, -0.05) is 0 Å². The summed E-state index contributed by atoms with van der Waals surface area (Å²) in [4.78, 5) is 0. The summed E-state index contributed by atoms with van der Waals surface area (Å²) in [7, 11) is -2.02. The highest BCUT2D eigenvalue weighted by molar-refractivity contribution is 6.60. The molecule has 1 aromatic carbocycles. The van der Waals surface area contributed by atoms with E-state index in [2.05, 4.69) is 0 Å². The van der Waals surface area contributed by atoms with Crippen LogP contribution in [0.25, 0.3) is 0 Å². The van der Waals surface area contributed by atoms with E-state index in [0.29, 0.717) is 0 Å². The molecule has 3 nitrogen and oxygen atoms in total. The van der Waals surface area contributed by atoms with Crippen molar-refractivity contribution in [3.05, 3.63) is 34.6 Å². The zero-order valence-electron chi connectivity index (χ0n) is 14.2. The molecule has 0 N–H and O–H groups in total. The smallest absolute Gasteiger partial charge is 0.377 e. The fourth-order valence-corrected chi connectivity index (χ4v) is 4.89. The molecule has 138 valence electrons. The first-order valence-electron chi connectivity index (χ1n) is 7.45. The summed E-state index contributed by atoms with van der Waals surface area (Å²) >= 11 is 0. The number of hydrogen-bond acceptors (Lipinski definition) is 3. The van der Waals surface area contributed by atoms with Crippen LogP contribution >= 0.6 is 0 Å². The van der Waals surface area contributed by atoms with Crippen molar-refractivity contribution in [1.82, 2.24) is 0 Å². The molecule has 0 aromatic heterocycles. The van der Waals surface area contributed by atoms with Gasteiger partial charge in [0.15, 0.2) is 23.3 Å². The fraction of sp³-hybridized carbons (Fsp3) is 0.600. The number of benzene rings is 1. The van der Waals surface area contributed by atoms with E-state index in [1.54, 1.807) is 27.7 Å². The highest BCUT2D eigenvalue weighted by atomic mass is 28.4. The van der Waals surface area contributed by atoms with Crippen molar-refractivity contribution in [2.45, 2.75) is 52.4 Å². The molecule has 0 atom stereocenters. The van der Waals surface area contributed by atoms with Gasteiger partial charge in [-0.3, -0.25) is 0 Å². The Labute approximate surface area is 139 Å². The Morgan fingerprint density at radius 2 is 1.12 bits per heavy atom. The third kappa shape index (κ3) is 4.75.